The van der Waals surface area contributed by atoms with Crippen LogP contribution in [0, 0.1) is 5.92 Å². The highest BCUT2D eigenvalue weighted by Crippen LogP contribution is 2.19. The first-order valence-electron chi connectivity index (χ1n) is 6.80. The Bertz CT molecular complexity index is 312. The predicted octanol–water partition coefficient (Wildman–Crippen LogP) is 2.22. The predicted molar refractivity (Wildman–Crippen MR) is 71.3 cm³/mol. The van der Waals surface area contributed by atoms with Crippen molar-refractivity contribution in [3.8, 4) is 0 Å². The van der Waals surface area contributed by atoms with Crippen molar-refractivity contribution < 1.29 is 5.11 Å². The molecule has 0 bridgehead atoms. The molecule has 2 rings (SSSR count). The van der Waals surface area contributed by atoms with Crippen LogP contribution in [-0.2, 0) is 0 Å². The van der Waals surface area contributed by atoms with Gasteiger partial charge in [-0.05, 0) is 37.2 Å². The molecule has 2 aliphatic rings. The largest absolute Gasteiger partial charge is 0.393 e. The van der Waals surface area contributed by atoms with Crippen LogP contribution in [0.3, 0.4) is 0 Å². The lowest BCUT2D eigenvalue weighted by Crippen LogP contribution is -2.37. The first-order chi connectivity index (χ1) is 8.15. The Balaban J connectivity index is 1.84. The first-order valence-corrected chi connectivity index (χ1v) is 6.80. The van der Waals surface area contributed by atoms with Gasteiger partial charge in [-0.15, -0.1) is 0 Å². The van der Waals surface area contributed by atoms with Crippen LogP contribution in [0.15, 0.2) is 16.8 Å². The SMILES string of the molecule is CC(C)C1=NC=C(CN2CCC(O)CC2)CC1. The van der Waals surface area contributed by atoms with Crippen molar-refractivity contribution >= 4 is 5.71 Å². The van der Waals surface area contributed by atoms with E-state index in [0.29, 0.717) is 5.92 Å². The van der Waals surface area contributed by atoms with Gasteiger partial charge < -0.3 is 5.11 Å². The second-order valence-corrected chi connectivity index (χ2v) is 5.57. The number of likely N-dealkylation sites (tertiary alicyclic amines) is 1. The lowest BCUT2D eigenvalue weighted by atomic mass is 9.97. The van der Waals surface area contributed by atoms with Crippen LogP contribution < -0.4 is 0 Å². The van der Waals surface area contributed by atoms with Gasteiger partial charge in [0.25, 0.3) is 0 Å². The monoisotopic (exact) mass is 236 g/mol. The van der Waals surface area contributed by atoms with Crippen molar-refractivity contribution in [3.63, 3.8) is 0 Å². The van der Waals surface area contributed by atoms with E-state index in [4.69, 9.17) is 0 Å². The number of aliphatic hydroxyl groups excluding tert-OH is 1. The van der Waals surface area contributed by atoms with Gasteiger partial charge in [0.2, 0.25) is 0 Å². The average molecular weight is 236 g/mol. The summed E-state index contributed by atoms with van der Waals surface area (Å²) in [4.78, 5) is 7.01. The summed E-state index contributed by atoms with van der Waals surface area (Å²) in [7, 11) is 0. The number of piperidine rings is 1. The maximum atomic E-state index is 9.47. The Hall–Kier alpha value is -0.670. The molecule has 0 atom stereocenters. The van der Waals surface area contributed by atoms with Gasteiger partial charge in [0.15, 0.2) is 0 Å². The minimum absolute atomic E-state index is 0.0721. The molecule has 0 aliphatic carbocycles. The van der Waals surface area contributed by atoms with Crippen molar-refractivity contribution in [1.29, 1.82) is 0 Å². The Morgan fingerprint density at radius 2 is 2.06 bits per heavy atom. The van der Waals surface area contributed by atoms with Gasteiger partial charge in [0.1, 0.15) is 0 Å². The fourth-order valence-electron chi connectivity index (χ4n) is 2.51. The summed E-state index contributed by atoms with van der Waals surface area (Å²) < 4.78 is 0. The van der Waals surface area contributed by atoms with Crippen LogP contribution >= 0.6 is 0 Å². The second kappa shape index (κ2) is 5.78. The van der Waals surface area contributed by atoms with Crippen LogP contribution in [0.2, 0.25) is 0 Å². The van der Waals surface area contributed by atoms with Crippen molar-refractivity contribution in [2.24, 2.45) is 10.9 Å². The van der Waals surface area contributed by atoms with Crippen molar-refractivity contribution in [2.75, 3.05) is 19.6 Å². The van der Waals surface area contributed by atoms with E-state index in [-0.39, 0.29) is 6.10 Å². The lowest BCUT2D eigenvalue weighted by Gasteiger charge is -2.30. The van der Waals surface area contributed by atoms with Crippen LogP contribution in [0.4, 0.5) is 0 Å². The van der Waals surface area contributed by atoms with E-state index in [1.54, 1.807) is 0 Å². The second-order valence-electron chi connectivity index (χ2n) is 5.57. The number of hydrogen-bond donors (Lipinski definition) is 1. The molecule has 3 heteroatoms. The zero-order chi connectivity index (χ0) is 12.3. The summed E-state index contributed by atoms with van der Waals surface area (Å²) in [5.74, 6) is 0.581. The van der Waals surface area contributed by atoms with Crippen molar-refractivity contribution in [3.05, 3.63) is 11.8 Å². The zero-order valence-electron chi connectivity index (χ0n) is 11.0. The van der Waals surface area contributed by atoms with Gasteiger partial charge in [-0.3, -0.25) is 9.89 Å². The van der Waals surface area contributed by atoms with E-state index >= 15 is 0 Å². The number of rotatable bonds is 3. The molecule has 0 aromatic heterocycles. The van der Waals surface area contributed by atoms with E-state index in [9.17, 15) is 5.11 Å². The van der Waals surface area contributed by atoms with E-state index < -0.39 is 0 Å². The van der Waals surface area contributed by atoms with Gasteiger partial charge in [-0.1, -0.05) is 13.8 Å². The Morgan fingerprint density at radius 1 is 1.35 bits per heavy atom. The lowest BCUT2D eigenvalue weighted by molar-refractivity contribution is 0.0865. The van der Waals surface area contributed by atoms with Crippen LogP contribution in [0.5, 0.6) is 0 Å². The maximum Gasteiger partial charge on any atom is 0.0564 e. The standard InChI is InChI=1S/C14H24N2O/c1-11(2)14-4-3-12(9-15-14)10-16-7-5-13(17)6-8-16/h9,11,13,17H,3-8,10H2,1-2H3. The summed E-state index contributed by atoms with van der Waals surface area (Å²) in [5.41, 5.74) is 2.79. The third-order valence-corrected chi connectivity index (χ3v) is 3.77. The average Bonchev–Trinajstić information content (AvgIpc) is 2.33. The molecule has 0 aromatic rings. The van der Waals surface area contributed by atoms with E-state index in [1.807, 2.05) is 0 Å². The molecule has 0 radical (unpaired) electrons. The maximum absolute atomic E-state index is 9.47. The Labute approximate surface area is 104 Å². The third kappa shape index (κ3) is 3.65. The molecule has 3 nitrogen and oxygen atoms in total. The summed E-state index contributed by atoms with van der Waals surface area (Å²) in [6, 6.07) is 0. The van der Waals surface area contributed by atoms with Gasteiger partial charge >= 0.3 is 0 Å². The Morgan fingerprint density at radius 3 is 2.59 bits per heavy atom. The molecule has 1 saturated heterocycles. The van der Waals surface area contributed by atoms with E-state index in [0.717, 1.165) is 45.3 Å². The van der Waals surface area contributed by atoms with Gasteiger partial charge in [0.05, 0.1) is 6.10 Å². The summed E-state index contributed by atoms with van der Waals surface area (Å²) in [5, 5.41) is 9.47. The highest BCUT2D eigenvalue weighted by Gasteiger charge is 2.19. The molecule has 0 saturated carbocycles. The third-order valence-electron chi connectivity index (χ3n) is 3.77. The van der Waals surface area contributed by atoms with Gasteiger partial charge in [-0.2, -0.15) is 0 Å². The van der Waals surface area contributed by atoms with Crippen molar-refractivity contribution in [1.82, 2.24) is 4.90 Å². The molecular formula is C14H24N2O. The quantitative estimate of drug-likeness (QED) is 0.815. The van der Waals surface area contributed by atoms with Gasteiger partial charge in [0, 0.05) is 31.5 Å². The van der Waals surface area contributed by atoms with Crippen LogP contribution in [0.1, 0.15) is 39.5 Å². The molecule has 17 heavy (non-hydrogen) atoms. The summed E-state index contributed by atoms with van der Waals surface area (Å²) in [6.45, 7) is 7.52. The fourth-order valence-corrected chi connectivity index (χ4v) is 2.51. The van der Waals surface area contributed by atoms with Gasteiger partial charge in [-0.25, -0.2) is 0 Å². The number of nitrogens with zero attached hydrogens (tertiary/aromatic N) is 2. The fraction of sp³-hybridized carbons (Fsp3) is 0.786. The minimum atomic E-state index is -0.0721. The molecule has 0 spiro atoms. The number of aliphatic hydroxyl groups is 1. The molecule has 1 fully saturated rings. The van der Waals surface area contributed by atoms with Crippen LogP contribution in [-0.4, -0.2) is 41.5 Å². The summed E-state index contributed by atoms with van der Waals surface area (Å²) >= 11 is 0. The molecule has 0 unspecified atom stereocenters. The van der Waals surface area contributed by atoms with E-state index in [2.05, 4.69) is 29.9 Å². The van der Waals surface area contributed by atoms with Crippen molar-refractivity contribution in [2.45, 2.75) is 45.6 Å². The number of hydrogen-bond acceptors (Lipinski definition) is 3. The molecule has 96 valence electrons. The molecule has 2 aliphatic heterocycles. The van der Waals surface area contributed by atoms with Crippen LogP contribution in [0.25, 0.3) is 0 Å². The molecule has 1 N–H and O–H groups in total. The van der Waals surface area contributed by atoms with E-state index in [1.165, 1.54) is 11.3 Å². The molecule has 0 amide bonds. The molecular weight excluding hydrogens is 212 g/mol. The topological polar surface area (TPSA) is 35.8 Å². The highest BCUT2D eigenvalue weighted by atomic mass is 16.3. The Kier molecular flexibility index (Phi) is 4.35. The minimum Gasteiger partial charge on any atom is -0.393 e. The number of aliphatic imine (C=N–C) groups is 1. The summed E-state index contributed by atoms with van der Waals surface area (Å²) in [6.07, 6.45) is 6.14. The molecule has 2 heterocycles. The normalized spacial score (nSPS) is 23.8. The molecule has 0 aromatic carbocycles. The first kappa shape index (κ1) is 12.8. The smallest absolute Gasteiger partial charge is 0.0564 e. The zero-order valence-corrected chi connectivity index (χ0v) is 11.0. The highest BCUT2D eigenvalue weighted by molar-refractivity contribution is 5.87.